The van der Waals surface area contributed by atoms with Crippen molar-refractivity contribution in [3.05, 3.63) is 59.7 Å². The van der Waals surface area contributed by atoms with E-state index < -0.39 is 18.8 Å². The Hall–Kier alpha value is -4.46. The molecule has 0 spiro atoms. The number of ether oxygens (including phenoxy) is 1. The van der Waals surface area contributed by atoms with E-state index in [1.165, 1.54) is 0 Å². The van der Waals surface area contributed by atoms with Gasteiger partial charge >= 0.3 is 12.2 Å². The van der Waals surface area contributed by atoms with Crippen LogP contribution < -0.4 is 20.7 Å². The van der Waals surface area contributed by atoms with Crippen molar-refractivity contribution >= 4 is 35.1 Å². The molecule has 2 amide bonds. The minimum Gasteiger partial charge on any atom is -0.454 e. The maximum Gasteiger partial charge on any atom is 0.422 e. The van der Waals surface area contributed by atoms with E-state index in [0.717, 1.165) is 13.0 Å². The highest BCUT2D eigenvalue weighted by atomic mass is 19.4. The maximum absolute atomic E-state index is 13.3. The summed E-state index contributed by atoms with van der Waals surface area (Å²) in [6.07, 6.45) is -3.23. The van der Waals surface area contributed by atoms with Crippen molar-refractivity contribution in [2.45, 2.75) is 19.0 Å². The van der Waals surface area contributed by atoms with E-state index in [4.69, 9.17) is 4.74 Å². The molecule has 11 nitrogen and oxygen atoms in total. The second kappa shape index (κ2) is 13.3. The van der Waals surface area contributed by atoms with Crippen molar-refractivity contribution in [3.63, 3.8) is 0 Å². The molecular formula is C27H31F3N8O3. The molecular weight excluding hydrogens is 541 g/mol. The quantitative estimate of drug-likeness (QED) is 0.404. The number of rotatable bonds is 6. The number of benzene rings is 2. The summed E-state index contributed by atoms with van der Waals surface area (Å²) in [7, 11) is 3.94. The molecule has 4 aliphatic rings. The van der Waals surface area contributed by atoms with E-state index in [1.54, 1.807) is 53.4 Å². The van der Waals surface area contributed by atoms with Gasteiger partial charge in [-0.05, 0) is 82.0 Å². The van der Waals surface area contributed by atoms with Crippen molar-refractivity contribution in [1.29, 1.82) is 0 Å². The van der Waals surface area contributed by atoms with Gasteiger partial charge in [-0.25, -0.2) is 0 Å². The van der Waals surface area contributed by atoms with E-state index in [0.29, 0.717) is 48.6 Å². The number of hydrogen-bond donors (Lipinski definition) is 3. The summed E-state index contributed by atoms with van der Waals surface area (Å²) in [5, 5.41) is 8.68. The van der Waals surface area contributed by atoms with Crippen LogP contribution in [0.2, 0.25) is 0 Å². The van der Waals surface area contributed by atoms with Crippen LogP contribution in [0.5, 0.6) is 6.01 Å². The fourth-order valence-corrected chi connectivity index (χ4v) is 3.99. The molecule has 0 radical (unpaired) electrons. The molecule has 0 fully saturated rings. The zero-order valence-corrected chi connectivity index (χ0v) is 22.7. The number of hydrogen-bond acceptors (Lipinski definition) is 9. The van der Waals surface area contributed by atoms with Gasteiger partial charge in [-0.1, -0.05) is 0 Å². The van der Waals surface area contributed by atoms with E-state index >= 15 is 0 Å². The van der Waals surface area contributed by atoms with Gasteiger partial charge < -0.3 is 30.5 Å². The Kier molecular flexibility index (Phi) is 9.55. The summed E-state index contributed by atoms with van der Waals surface area (Å²) in [6.45, 7) is 0.628. The molecule has 4 aliphatic heterocycles. The molecule has 3 N–H and O–H groups in total. The third-order valence-corrected chi connectivity index (χ3v) is 5.98. The molecule has 0 atom stereocenters. The maximum atomic E-state index is 13.3. The summed E-state index contributed by atoms with van der Waals surface area (Å²) in [4.78, 5) is 41.9. The number of nitrogens with zero attached hydrogens (tertiary/aromatic N) is 5. The first-order chi connectivity index (χ1) is 19.6. The van der Waals surface area contributed by atoms with Gasteiger partial charge in [0.2, 0.25) is 11.9 Å². The number of aromatic nitrogens is 3. The van der Waals surface area contributed by atoms with E-state index in [1.807, 2.05) is 19.0 Å². The van der Waals surface area contributed by atoms with Crippen LogP contribution in [0.15, 0.2) is 48.5 Å². The normalized spacial score (nSPS) is 14.4. The average molecular weight is 573 g/mol. The SMILES string of the molecule is CN(C)CCCN1CCCNC(=O)c2ccc(cc2)Nc2nc(nc(OCC(F)(F)F)n2)Nc2ccc(cc2)C1=O. The summed E-state index contributed by atoms with van der Waals surface area (Å²) in [6, 6.07) is 12.5. The third kappa shape index (κ3) is 9.03. The Morgan fingerprint density at radius 3 is 2.05 bits per heavy atom. The Balaban J connectivity index is 1.64. The van der Waals surface area contributed by atoms with Crippen molar-refractivity contribution < 1.29 is 27.5 Å². The molecule has 0 unspecified atom stereocenters. The summed E-state index contributed by atoms with van der Waals surface area (Å²) < 4.78 is 43.1. The number of nitrogens with one attached hydrogen (secondary N) is 3. The van der Waals surface area contributed by atoms with Crippen LogP contribution in [0.3, 0.4) is 0 Å². The van der Waals surface area contributed by atoms with Crippen molar-refractivity contribution in [1.82, 2.24) is 30.1 Å². The van der Waals surface area contributed by atoms with Crippen molar-refractivity contribution in [2.75, 3.05) is 57.5 Å². The van der Waals surface area contributed by atoms with Crippen LogP contribution in [0, 0.1) is 0 Å². The van der Waals surface area contributed by atoms with Crippen LogP contribution in [0.4, 0.5) is 36.4 Å². The first kappa shape index (κ1) is 29.5. The fraction of sp³-hybridized carbons (Fsp3) is 0.370. The largest absolute Gasteiger partial charge is 0.454 e. The van der Waals surface area contributed by atoms with Gasteiger partial charge in [0.05, 0.1) is 0 Å². The molecule has 41 heavy (non-hydrogen) atoms. The van der Waals surface area contributed by atoms with Gasteiger partial charge in [0, 0.05) is 42.1 Å². The van der Waals surface area contributed by atoms with E-state index in [2.05, 4.69) is 30.9 Å². The lowest BCUT2D eigenvalue weighted by Crippen LogP contribution is -2.36. The Morgan fingerprint density at radius 1 is 0.902 bits per heavy atom. The van der Waals surface area contributed by atoms with Crippen LogP contribution in [-0.2, 0) is 0 Å². The van der Waals surface area contributed by atoms with Crippen molar-refractivity contribution in [3.8, 4) is 6.01 Å². The Morgan fingerprint density at radius 2 is 1.49 bits per heavy atom. The number of alkyl halides is 3. The number of halogens is 3. The topological polar surface area (TPSA) is 125 Å². The van der Waals surface area contributed by atoms with Crippen LogP contribution in [0.25, 0.3) is 0 Å². The number of carbonyl (C=O) groups excluding carboxylic acids is 2. The summed E-state index contributed by atoms with van der Waals surface area (Å²) >= 11 is 0. The number of amides is 2. The fourth-order valence-electron chi connectivity index (χ4n) is 3.99. The molecule has 14 heteroatoms. The highest BCUT2D eigenvalue weighted by Gasteiger charge is 2.29. The molecule has 218 valence electrons. The minimum atomic E-state index is -4.59. The van der Waals surface area contributed by atoms with Gasteiger partial charge in [0.15, 0.2) is 6.61 Å². The summed E-state index contributed by atoms with van der Waals surface area (Å²) in [5.74, 6) is -0.580. The van der Waals surface area contributed by atoms with Gasteiger partial charge in [0.1, 0.15) is 0 Å². The second-order valence-electron chi connectivity index (χ2n) is 9.63. The first-order valence-electron chi connectivity index (χ1n) is 13.0. The lowest BCUT2D eigenvalue weighted by atomic mass is 10.1. The first-order valence-corrected chi connectivity index (χ1v) is 13.0. The zero-order valence-electron chi connectivity index (χ0n) is 22.7. The molecule has 6 bridgehead atoms. The standard InChI is InChI=1S/C27H31F3N8O3/c1-37(2)14-4-16-38-15-3-13-31-22(39)18-5-9-20(10-6-18)32-24-34-25(36-26(35-24)41-17-27(28,29)30)33-21-11-7-19(8-12-21)23(38)40/h5-12H,3-4,13-17H2,1-2H3,(H,31,39)(H2,32,33,34,35,36). The molecule has 2 aromatic carbocycles. The molecule has 3 aromatic rings. The van der Waals surface area contributed by atoms with Gasteiger partial charge in [-0.15, -0.1) is 0 Å². The molecule has 0 saturated heterocycles. The second-order valence-corrected chi connectivity index (χ2v) is 9.63. The summed E-state index contributed by atoms with van der Waals surface area (Å²) in [5.41, 5.74) is 1.87. The zero-order chi connectivity index (χ0) is 29.4. The van der Waals surface area contributed by atoms with Crippen LogP contribution >= 0.6 is 0 Å². The van der Waals surface area contributed by atoms with E-state index in [-0.39, 0.29) is 23.7 Å². The average Bonchev–Trinajstić information content (AvgIpc) is 2.92. The molecule has 0 aliphatic carbocycles. The highest BCUT2D eigenvalue weighted by molar-refractivity contribution is 5.95. The minimum absolute atomic E-state index is 0.0746. The highest BCUT2D eigenvalue weighted by Crippen LogP contribution is 2.22. The Labute approximate surface area is 235 Å². The lowest BCUT2D eigenvalue weighted by molar-refractivity contribution is -0.154. The van der Waals surface area contributed by atoms with Gasteiger partial charge in [-0.3, -0.25) is 9.59 Å². The third-order valence-electron chi connectivity index (χ3n) is 5.98. The predicted molar refractivity (Wildman–Crippen MR) is 147 cm³/mol. The van der Waals surface area contributed by atoms with Gasteiger partial charge in [0.25, 0.3) is 11.8 Å². The lowest BCUT2D eigenvalue weighted by Gasteiger charge is -2.24. The van der Waals surface area contributed by atoms with Crippen LogP contribution in [0.1, 0.15) is 33.6 Å². The number of anilines is 4. The van der Waals surface area contributed by atoms with Gasteiger partial charge in [-0.2, -0.15) is 28.1 Å². The monoisotopic (exact) mass is 572 g/mol. The molecule has 5 heterocycles. The number of carbonyl (C=O) groups is 2. The predicted octanol–water partition coefficient (Wildman–Crippen LogP) is 3.83. The molecule has 1 aromatic heterocycles. The molecule has 7 rings (SSSR count). The smallest absolute Gasteiger partial charge is 0.422 e. The van der Waals surface area contributed by atoms with Crippen molar-refractivity contribution in [2.24, 2.45) is 0 Å². The van der Waals surface area contributed by atoms with E-state index in [9.17, 15) is 22.8 Å². The molecule has 0 saturated carbocycles. The van der Waals surface area contributed by atoms with Crippen LogP contribution in [-0.4, -0.2) is 89.6 Å². The Bertz CT molecular complexity index is 1340.